The summed E-state index contributed by atoms with van der Waals surface area (Å²) in [6.45, 7) is 4.38. The number of nitrogens with zero attached hydrogens (tertiary/aromatic N) is 3. The summed E-state index contributed by atoms with van der Waals surface area (Å²) in [7, 11) is 0. The van der Waals surface area contributed by atoms with E-state index in [1.165, 1.54) is 11.8 Å². The molecule has 3 heterocycles. The van der Waals surface area contributed by atoms with E-state index in [-0.39, 0.29) is 24.3 Å². The van der Waals surface area contributed by atoms with E-state index in [2.05, 4.69) is 25.5 Å². The van der Waals surface area contributed by atoms with Crippen molar-refractivity contribution in [1.82, 2.24) is 4.98 Å². The van der Waals surface area contributed by atoms with Gasteiger partial charge in [0.05, 0.1) is 46.6 Å². The number of amides is 2. The van der Waals surface area contributed by atoms with Crippen LogP contribution in [-0.4, -0.2) is 78.1 Å². The molecule has 2 amide bonds. The minimum atomic E-state index is -5.08. The van der Waals surface area contributed by atoms with Gasteiger partial charge in [-0.15, -0.1) is 0 Å². The van der Waals surface area contributed by atoms with E-state index < -0.39 is 18.1 Å². The van der Waals surface area contributed by atoms with Crippen molar-refractivity contribution in [3.8, 4) is 0 Å². The van der Waals surface area contributed by atoms with Crippen molar-refractivity contribution in [3.63, 3.8) is 0 Å². The van der Waals surface area contributed by atoms with Crippen molar-refractivity contribution in [2.24, 2.45) is 10.9 Å². The Labute approximate surface area is 293 Å². The van der Waals surface area contributed by atoms with Crippen LogP contribution in [0.5, 0.6) is 0 Å². The molecule has 1 aromatic heterocycles. The second-order valence-electron chi connectivity index (χ2n) is 11.2. The number of nitrogens with one attached hydrogen (secondary N) is 2. The first-order chi connectivity index (χ1) is 23.8. The summed E-state index contributed by atoms with van der Waals surface area (Å²) in [6, 6.07) is 10.8. The van der Waals surface area contributed by atoms with Crippen LogP contribution in [-0.2, 0) is 23.9 Å². The average molecular weight is 734 g/mol. The zero-order valence-electron chi connectivity index (χ0n) is 26.5. The van der Waals surface area contributed by atoms with Crippen LogP contribution < -0.4 is 15.5 Å². The first kappa shape index (κ1) is 36.6. The van der Waals surface area contributed by atoms with Crippen LogP contribution in [0.2, 0.25) is 5.02 Å². The molecule has 6 rings (SSSR count). The molecule has 0 bridgehead atoms. The van der Waals surface area contributed by atoms with Gasteiger partial charge in [0.15, 0.2) is 5.17 Å². The Morgan fingerprint density at radius 1 is 1.16 bits per heavy atom. The number of alkyl halides is 3. The van der Waals surface area contributed by atoms with Gasteiger partial charge in [-0.3, -0.25) is 14.6 Å². The molecule has 2 fully saturated rings. The number of amidine groups is 1. The number of carboxylic acid groups (broad SMARTS) is 1. The summed E-state index contributed by atoms with van der Waals surface area (Å²) in [5.74, 6) is -3.51. The van der Waals surface area contributed by atoms with Crippen molar-refractivity contribution in [1.29, 1.82) is 0 Å². The molecule has 3 aliphatic rings. The number of hydrogen-bond acceptors (Lipinski definition) is 10. The molecular weight excluding hydrogens is 703 g/mol. The zero-order valence-corrected chi connectivity index (χ0v) is 28.1. The smallest absolute Gasteiger partial charge is 0.475 e. The number of anilines is 3. The Balaban J connectivity index is 0.000000630. The molecule has 3 N–H and O–H groups in total. The van der Waals surface area contributed by atoms with Crippen LogP contribution >= 0.6 is 23.4 Å². The molecule has 0 unspecified atom stereocenters. The number of benzene rings is 2. The molecule has 50 heavy (non-hydrogen) atoms. The van der Waals surface area contributed by atoms with Gasteiger partial charge >= 0.3 is 18.1 Å². The number of aliphatic carboxylic acids is 1. The van der Waals surface area contributed by atoms with Crippen LogP contribution in [0.3, 0.4) is 0 Å². The Morgan fingerprint density at radius 3 is 2.52 bits per heavy atom. The standard InChI is InChI=1S/C31H30ClN5O5S.C2HF3O2/c1-2-42-30(40)22-17-33-24-9-6-18(14-21(24)27(22)37-10-12-41-13-11-37)15-26-29(39)36-31(43-26)35-25-16-20(7-8-23(25)32)34-28(38)19-4-3-5-19;3-2(4,5)1(6)7/h6-9,14-17,19H,2-5,10-13H2,1H3,(H,34,38)(H,35,36,39);(H,6,7). The molecule has 1 saturated carbocycles. The number of esters is 1. The van der Waals surface area contributed by atoms with Gasteiger partial charge < -0.3 is 30.1 Å². The van der Waals surface area contributed by atoms with Crippen LogP contribution in [0.25, 0.3) is 17.0 Å². The predicted molar refractivity (Wildman–Crippen MR) is 183 cm³/mol. The quantitative estimate of drug-likeness (QED) is 0.183. The maximum Gasteiger partial charge on any atom is 0.490 e. The Kier molecular flexibility index (Phi) is 11.6. The number of carbonyl (C=O) groups is 4. The lowest BCUT2D eigenvalue weighted by Gasteiger charge is -2.31. The van der Waals surface area contributed by atoms with Gasteiger partial charge in [-0.1, -0.05) is 24.1 Å². The Morgan fingerprint density at radius 2 is 1.88 bits per heavy atom. The number of thioether (sulfide) groups is 1. The van der Waals surface area contributed by atoms with Gasteiger partial charge in [0.25, 0.3) is 5.91 Å². The maximum atomic E-state index is 12.9. The fraction of sp³-hybridized carbons (Fsp3) is 0.333. The summed E-state index contributed by atoms with van der Waals surface area (Å²) in [5, 5.41) is 14.8. The van der Waals surface area contributed by atoms with Crippen molar-refractivity contribution < 1.29 is 46.9 Å². The molecule has 1 saturated heterocycles. The third-order valence-corrected chi connectivity index (χ3v) is 9.03. The lowest BCUT2D eigenvalue weighted by Crippen LogP contribution is -2.37. The molecule has 264 valence electrons. The van der Waals surface area contributed by atoms with Crippen molar-refractivity contribution in [3.05, 3.63) is 63.6 Å². The van der Waals surface area contributed by atoms with E-state index in [1.807, 2.05) is 18.2 Å². The number of carboxylic acids is 1. The summed E-state index contributed by atoms with van der Waals surface area (Å²) in [6.07, 6.45) is 1.13. The lowest BCUT2D eigenvalue weighted by molar-refractivity contribution is -0.192. The second kappa shape index (κ2) is 15.9. The molecule has 17 heteroatoms. The Bertz CT molecular complexity index is 1880. The monoisotopic (exact) mass is 733 g/mol. The largest absolute Gasteiger partial charge is 0.490 e. The number of aliphatic imine (C=N–C) groups is 1. The Hall–Kier alpha value is -4.67. The van der Waals surface area contributed by atoms with Crippen molar-refractivity contribution in [2.75, 3.05) is 48.4 Å². The number of halogens is 4. The molecule has 12 nitrogen and oxygen atoms in total. The summed E-state index contributed by atoms with van der Waals surface area (Å²) in [5.41, 5.74) is 3.78. The van der Waals surface area contributed by atoms with E-state index >= 15 is 0 Å². The zero-order chi connectivity index (χ0) is 36.0. The number of fused-ring (bicyclic) bond motifs is 1. The van der Waals surface area contributed by atoms with Gasteiger partial charge in [0, 0.05) is 36.3 Å². The predicted octanol–water partition coefficient (Wildman–Crippen LogP) is 6.36. The highest BCUT2D eigenvalue weighted by atomic mass is 35.5. The topological polar surface area (TPSA) is 160 Å². The van der Waals surface area contributed by atoms with Crippen LogP contribution in [0.15, 0.2) is 52.5 Å². The molecule has 3 aromatic rings. The molecule has 2 aliphatic heterocycles. The number of aromatic nitrogens is 1. The molecular formula is C33H31ClF3N5O7S. The number of pyridine rings is 1. The minimum Gasteiger partial charge on any atom is -0.475 e. The fourth-order valence-electron chi connectivity index (χ4n) is 5.11. The molecule has 2 aromatic carbocycles. The SMILES string of the molecule is CCOC(=O)c1cnc2ccc(C=C3SC(Nc4cc(NC(=O)C5CCC5)ccc4Cl)=NC3=O)cc2c1N1CCOCC1.O=C(O)C(F)(F)F. The number of morpholine rings is 1. The van der Waals surface area contributed by atoms with E-state index in [0.717, 1.165) is 41.4 Å². The van der Waals surface area contributed by atoms with Crippen molar-refractivity contribution >= 4 is 86.3 Å². The molecule has 0 spiro atoms. The van der Waals surface area contributed by atoms with Gasteiger partial charge in [0.1, 0.15) is 5.56 Å². The normalized spacial score (nSPS) is 17.1. The third kappa shape index (κ3) is 8.91. The van der Waals surface area contributed by atoms with Crippen LogP contribution in [0.1, 0.15) is 42.1 Å². The van der Waals surface area contributed by atoms with Gasteiger partial charge in [-0.2, -0.15) is 18.2 Å². The number of rotatable bonds is 7. The van der Waals surface area contributed by atoms with E-state index in [0.29, 0.717) is 58.3 Å². The molecule has 0 atom stereocenters. The molecule has 0 radical (unpaired) electrons. The first-order valence-electron chi connectivity index (χ1n) is 15.5. The van der Waals surface area contributed by atoms with E-state index in [1.54, 1.807) is 37.4 Å². The summed E-state index contributed by atoms with van der Waals surface area (Å²) >= 11 is 7.61. The third-order valence-electron chi connectivity index (χ3n) is 7.80. The maximum absolute atomic E-state index is 12.9. The van der Waals surface area contributed by atoms with Gasteiger partial charge in [-0.05, 0) is 73.5 Å². The molecule has 1 aliphatic carbocycles. The van der Waals surface area contributed by atoms with E-state index in [9.17, 15) is 27.6 Å². The minimum absolute atomic E-state index is 0.00393. The van der Waals surface area contributed by atoms with Crippen LogP contribution in [0.4, 0.5) is 30.2 Å². The summed E-state index contributed by atoms with van der Waals surface area (Å²) in [4.78, 5) is 58.3. The van der Waals surface area contributed by atoms with Gasteiger partial charge in [-0.25, -0.2) is 9.59 Å². The first-order valence-corrected chi connectivity index (χ1v) is 16.7. The average Bonchev–Trinajstić information content (AvgIpc) is 3.39. The van der Waals surface area contributed by atoms with Gasteiger partial charge in [0.2, 0.25) is 5.91 Å². The van der Waals surface area contributed by atoms with Crippen LogP contribution in [0, 0.1) is 5.92 Å². The fourth-order valence-corrected chi connectivity index (χ4v) is 6.11. The lowest BCUT2D eigenvalue weighted by atomic mass is 9.85. The second-order valence-corrected chi connectivity index (χ2v) is 12.6. The van der Waals surface area contributed by atoms with Crippen molar-refractivity contribution in [2.45, 2.75) is 32.4 Å². The highest BCUT2D eigenvalue weighted by Crippen LogP contribution is 2.36. The highest BCUT2D eigenvalue weighted by Gasteiger charge is 2.38. The number of hydrogen-bond donors (Lipinski definition) is 3. The number of carbonyl (C=O) groups excluding carboxylic acids is 3. The van der Waals surface area contributed by atoms with E-state index in [4.69, 9.17) is 31.0 Å². The highest BCUT2D eigenvalue weighted by molar-refractivity contribution is 8.18. The number of ether oxygens (including phenoxy) is 2. The summed E-state index contributed by atoms with van der Waals surface area (Å²) < 4.78 is 42.6.